The van der Waals surface area contributed by atoms with Gasteiger partial charge < -0.3 is 20.5 Å². The van der Waals surface area contributed by atoms with Crippen LogP contribution in [0.25, 0.3) is 0 Å². The summed E-state index contributed by atoms with van der Waals surface area (Å²) in [7, 11) is 1.39. The normalized spacial score (nSPS) is 11.3. The quantitative estimate of drug-likeness (QED) is 0.368. The monoisotopic (exact) mass is 443 g/mol. The van der Waals surface area contributed by atoms with Crippen molar-refractivity contribution in [3.8, 4) is 11.5 Å². The minimum atomic E-state index is -2.91. The number of nitrogens with two attached hydrogens (primary N) is 1. The van der Waals surface area contributed by atoms with E-state index in [-0.39, 0.29) is 42.0 Å². The van der Waals surface area contributed by atoms with Gasteiger partial charge in [0.05, 0.1) is 13.7 Å². The fourth-order valence-corrected chi connectivity index (χ4v) is 1.73. The summed E-state index contributed by atoms with van der Waals surface area (Å²) in [4.78, 5) is 4.17. The number of alkyl halides is 2. The van der Waals surface area contributed by atoms with E-state index in [1.165, 1.54) is 13.2 Å². The lowest BCUT2D eigenvalue weighted by atomic mass is 10.1. The molecule has 0 heterocycles. The average Bonchev–Trinajstić information content (AvgIpc) is 2.44. The van der Waals surface area contributed by atoms with E-state index in [1.807, 2.05) is 0 Å². The van der Waals surface area contributed by atoms with Crippen molar-refractivity contribution in [3.05, 3.63) is 23.8 Å². The summed E-state index contributed by atoms with van der Waals surface area (Å²) in [5.74, 6) is 1.14. The maximum Gasteiger partial charge on any atom is 0.387 e. The van der Waals surface area contributed by atoms with Gasteiger partial charge in [0.1, 0.15) is 0 Å². The minimum absolute atomic E-state index is 0. The molecular weight excluding hydrogens is 419 g/mol. The number of aliphatic imine (C=N–C) groups is 1. The predicted molar refractivity (Wildman–Crippen MR) is 97.8 cm³/mol. The van der Waals surface area contributed by atoms with E-state index >= 15 is 0 Å². The maximum atomic E-state index is 12.4. The van der Waals surface area contributed by atoms with E-state index in [0.717, 1.165) is 13.0 Å². The highest BCUT2D eigenvalue weighted by Crippen LogP contribution is 2.29. The molecule has 0 bridgehead atoms. The highest BCUT2D eigenvalue weighted by Gasteiger charge is 2.11. The van der Waals surface area contributed by atoms with E-state index in [0.29, 0.717) is 17.4 Å². The number of hydrogen-bond donors (Lipinski definition) is 2. The first-order valence-corrected chi connectivity index (χ1v) is 7.08. The molecule has 0 aliphatic heterocycles. The zero-order chi connectivity index (χ0) is 16.5. The molecule has 8 heteroatoms. The molecule has 0 aliphatic carbocycles. The fraction of sp³-hybridized carbons (Fsp3) is 0.533. The summed E-state index contributed by atoms with van der Waals surface area (Å²) in [5.41, 5.74) is 6.44. The highest BCUT2D eigenvalue weighted by atomic mass is 127. The molecule has 0 saturated heterocycles. The summed E-state index contributed by atoms with van der Waals surface area (Å²) in [5, 5.41) is 3.01. The van der Waals surface area contributed by atoms with Crippen LogP contribution in [0.5, 0.6) is 11.5 Å². The molecule has 23 heavy (non-hydrogen) atoms. The molecule has 1 rings (SSSR count). The van der Waals surface area contributed by atoms with Crippen molar-refractivity contribution in [1.29, 1.82) is 0 Å². The summed E-state index contributed by atoms with van der Waals surface area (Å²) >= 11 is 0. The van der Waals surface area contributed by atoms with Gasteiger partial charge in [-0.05, 0) is 30.0 Å². The lowest BCUT2D eigenvalue weighted by Gasteiger charge is -2.11. The average molecular weight is 443 g/mol. The molecule has 5 nitrogen and oxygen atoms in total. The topological polar surface area (TPSA) is 68.9 Å². The number of nitrogens with zero attached hydrogens (tertiary/aromatic N) is 1. The van der Waals surface area contributed by atoms with Gasteiger partial charge in [-0.1, -0.05) is 19.9 Å². The molecule has 0 atom stereocenters. The van der Waals surface area contributed by atoms with Crippen LogP contribution in [-0.2, 0) is 6.54 Å². The molecule has 0 aromatic heterocycles. The second kappa shape index (κ2) is 11.3. The lowest BCUT2D eigenvalue weighted by Crippen LogP contribution is -2.32. The third-order valence-electron chi connectivity index (χ3n) is 2.90. The second-order valence-corrected chi connectivity index (χ2v) is 5.17. The number of methoxy groups -OCH3 is 1. The maximum absolute atomic E-state index is 12.4. The van der Waals surface area contributed by atoms with Gasteiger partial charge in [-0.15, -0.1) is 24.0 Å². The molecule has 3 N–H and O–H groups in total. The second-order valence-electron chi connectivity index (χ2n) is 5.17. The Balaban J connectivity index is 0.00000484. The number of rotatable bonds is 8. The van der Waals surface area contributed by atoms with Crippen LogP contribution in [0.1, 0.15) is 25.8 Å². The van der Waals surface area contributed by atoms with Gasteiger partial charge in [-0.3, -0.25) is 0 Å². The number of benzene rings is 1. The molecule has 0 unspecified atom stereocenters. The van der Waals surface area contributed by atoms with Gasteiger partial charge in [0.2, 0.25) is 0 Å². The van der Waals surface area contributed by atoms with Gasteiger partial charge in [-0.2, -0.15) is 8.78 Å². The molecule has 1 aromatic rings. The van der Waals surface area contributed by atoms with Crippen LogP contribution in [-0.4, -0.2) is 26.2 Å². The van der Waals surface area contributed by atoms with E-state index < -0.39 is 6.61 Å². The summed E-state index contributed by atoms with van der Waals surface area (Å²) in [6, 6.07) is 4.75. The third-order valence-corrected chi connectivity index (χ3v) is 2.90. The number of ether oxygens (including phenoxy) is 2. The van der Waals surface area contributed by atoms with Crippen molar-refractivity contribution in [2.45, 2.75) is 33.4 Å². The molecule has 0 aliphatic rings. The Morgan fingerprint density at radius 2 is 2.00 bits per heavy atom. The van der Waals surface area contributed by atoms with E-state index in [9.17, 15) is 8.78 Å². The van der Waals surface area contributed by atoms with Crippen molar-refractivity contribution in [1.82, 2.24) is 5.32 Å². The Hall–Kier alpha value is -1.32. The smallest absolute Gasteiger partial charge is 0.387 e. The number of halogens is 3. The zero-order valence-corrected chi connectivity index (χ0v) is 15.8. The first-order chi connectivity index (χ1) is 10.4. The summed E-state index contributed by atoms with van der Waals surface area (Å²) < 4.78 is 34.1. The Morgan fingerprint density at radius 1 is 1.30 bits per heavy atom. The fourth-order valence-electron chi connectivity index (χ4n) is 1.73. The van der Waals surface area contributed by atoms with Crippen LogP contribution in [0.3, 0.4) is 0 Å². The Morgan fingerprint density at radius 3 is 2.57 bits per heavy atom. The molecule has 132 valence electrons. The molecule has 0 saturated carbocycles. The van der Waals surface area contributed by atoms with Crippen molar-refractivity contribution >= 4 is 29.9 Å². The van der Waals surface area contributed by atoms with Gasteiger partial charge in [0, 0.05) is 6.54 Å². The Labute approximate surface area is 152 Å². The first kappa shape index (κ1) is 21.7. The third kappa shape index (κ3) is 8.77. The largest absolute Gasteiger partial charge is 0.493 e. The summed E-state index contributed by atoms with van der Waals surface area (Å²) in [6.07, 6.45) is 0.991. The van der Waals surface area contributed by atoms with Crippen LogP contribution >= 0.6 is 24.0 Å². The number of hydrogen-bond acceptors (Lipinski definition) is 3. The van der Waals surface area contributed by atoms with Gasteiger partial charge in [0.25, 0.3) is 0 Å². The van der Waals surface area contributed by atoms with Crippen LogP contribution < -0.4 is 20.5 Å². The van der Waals surface area contributed by atoms with Crippen molar-refractivity contribution in [2.75, 3.05) is 13.7 Å². The van der Waals surface area contributed by atoms with Crippen molar-refractivity contribution < 1.29 is 18.3 Å². The van der Waals surface area contributed by atoms with Crippen molar-refractivity contribution in [2.24, 2.45) is 16.6 Å². The minimum Gasteiger partial charge on any atom is -0.493 e. The predicted octanol–water partition coefficient (Wildman–Crippen LogP) is 3.37. The number of nitrogens with one attached hydrogen (secondary N) is 1. The van der Waals surface area contributed by atoms with Crippen molar-refractivity contribution in [3.63, 3.8) is 0 Å². The van der Waals surface area contributed by atoms with E-state index in [2.05, 4.69) is 28.9 Å². The SMILES string of the molecule is COc1ccc(CN=C(N)NCCC(C)C)cc1OC(F)F.I. The van der Waals surface area contributed by atoms with Gasteiger partial charge >= 0.3 is 6.61 Å². The molecule has 1 aromatic carbocycles. The lowest BCUT2D eigenvalue weighted by molar-refractivity contribution is -0.0512. The summed E-state index contributed by atoms with van der Waals surface area (Å²) in [6.45, 7) is 2.35. The van der Waals surface area contributed by atoms with Crippen LogP contribution in [0.4, 0.5) is 8.78 Å². The molecule has 0 fully saturated rings. The van der Waals surface area contributed by atoms with E-state index in [4.69, 9.17) is 10.5 Å². The molecule has 0 radical (unpaired) electrons. The van der Waals surface area contributed by atoms with E-state index in [1.54, 1.807) is 12.1 Å². The highest BCUT2D eigenvalue weighted by molar-refractivity contribution is 14.0. The molecular formula is C15H24F2IN3O2. The standard InChI is InChI=1S/C15H23F2N3O2.HI/c1-10(2)6-7-19-15(18)20-9-11-4-5-12(21-3)13(8-11)22-14(16)17;/h4-5,8,10,14H,6-7,9H2,1-3H3,(H3,18,19,20);1H. The zero-order valence-electron chi connectivity index (χ0n) is 13.5. The first-order valence-electron chi connectivity index (χ1n) is 7.08. The van der Waals surface area contributed by atoms with Gasteiger partial charge in [-0.25, -0.2) is 4.99 Å². The van der Waals surface area contributed by atoms with Gasteiger partial charge in [0.15, 0.2) is 17.5 Å². The van der Waals surface area contributed by atoms with Crippen LogP contribution in [0.15, 0.2) is 23.2 Å². The Kier molecular flexibility index (Phi) is 10.6. The Bertz CT molecular complexity index is 500. The molecule has 0 amide bonds. The molecule has 0 spiro atoms. The number of guanidine groups is 1. The van der Waals surface area contributed by atoms with Crippen LogP contribution in [0.2, 0.25) is 0 Å². The van der Waals surface area contributed by atoms with Crippen LogP contribution in [0, 0.1) is 5.92 Å².